The number of piperidine rings is 1. The van der Waals surface area contributed by atoms with E-state index in [1.165, 1.54) is 0 Å². The minimum Gasteiger partial charge on any atom is -0.493 e. The molecule has 0 aliphatic carbocycles. The van der Waals surface area contributed by atoms with Crippen LogP contribution in [0.5, 0.6) is 11.5 Å². The molecule has 166 valence electrons. The van der Waals surface area contributed by atoms with Crippen molar-refractivity contribution in [2.24, 2.45) is 0 Å². The van der Waals surface area contributed by atoms with Crippen LogP contribution >= 0.6 is 0 Å². The first-order valence-electron chi connectivity index (χ1n) is 10.8. The van der Waals surface area contributed by atoms with Crippen LogP contribution in [-0.2, 0) is 24.2 Å². The number of H-pyrrole nitrogens is 1. The van der Waals surface area contributed by atoms with E-state index in [1.807, 2.05) is 30.1 Å². The minimum atomic E-state index is 0.0000546. The number of rotatable bonds is 5. The van der Waals surface area contributed by atoms with Crippen molar-refractivity contribution in [2.75, 3.05) is 40.9 Å². The van der Waals surface area contributed by atoms with Crippen molar-refractivity contribution in [3.8, 4) is 11.5 Å². The first-order chi connectivity index (χ1) is 15.0. The fourth-order valence-electron chi connectivity index (χ4n) is 4.46. The number of carbonyl (C=O) groups excluding carboxylic acids is 1. The molecule has 3 heterocycles. The molecule has 0 saturated carbocycles. The summed E-state index contributed by atoms with van der Waals surface area (Å²) in [5, 5.41) is 0. The van der Waals surface area contributed by atoms with Gasteiger partial charge < -0.3 is 24.3 Å². The molecule has 2 aliphatic rings. The molecule has 4 rings (SSSR count). The summed E-state index contributed by atoms with van der Waals surface area (Å²) < 4.78 is 10.6. The number of nitrogens with zero attached hydrogens (tertiary/aromatic N) is 3. The largest absolute Gasteiger partial charge is 0.493 e. The molecular formula is C23H30N4O4. The van der Waals surface area contributed by atoms with Gasteiger partial charge in [0.1, 0.15) is 5.82 Å². The molecule has 8 heteroatoms. The quantitative estimate of drug-likeness (QED) is 0.783. The average molecular weight is 427 g/mol. The number of benzene rings is 1. The molecule has 1 aromatic heterocycles. The molecule has 0 radical (unpaired) electrons. The molecule has 8 nitrogen and oxygen atoms in total. The third-order valence-corrected chi connectivity index (χ3v) is 6.32. The van der Waals surface area contributed by atoms with E-state index in [1.54, 1.807) is 14.2 Å². The van der Waals surface area contributed by atoms with Crippen LogP contribution in [0.15, 0.2) is 23.0 Å². The van der Waals surface area contributed by atoms with Gasteiger partial charge in [-0.1, -0.05) is 6.07 Å². The number of amides is 1. The lowest BCUT2D eigenvalue weighted by atomic mass is 9.94. The number of fused-ring (bicyclic) bond motifs is 1. The Hall–Kier alpha value is -2.87. The lowest BCUT2D eigenvalue weighted by Crippen LogP contribution is -2.40. The normalized spacial score (nSPS) is 17.3. The third-order valence-electron chi connectivity index (χ3n) is 6.32. The smallest absolute Gasteiger partial charge is 0.254 e. The predicted molar refractivity (Wildman–Crippen MR) is 117 cm³/mol. The number of hydrogen-bond donors (Lipinski definition) is 1. The Kier molecular flexibility index (Phi) is 6.27. The highest BCUT2D eigenvalue weighted by Crippen LogP contribution is 2.29. The molecule has 1 amide bonds. The molecule has 0 spiro atoms. The summed E-state index contributed by atoms with van der Waals surface area (Å²) in [4.78, 5) is 37.2. The second kappa shape index (κ2) is 9.09. The van der Waals surface area contributed by atoms with E-state index in [0.717, 1.165) is 55.0 Å². The number of likely N-dealkylation sites (tertiary alicyclic amines) is 1. The zero-order valence-electron chi connectivity index (χ0n) is 18.4. The van der Waals surface area contributed by atoms with Crippen LogP contribution in [0.25, 0.3) is 0 Å². The third kappa shape index (κ3) is 4.58. The van der Waals surface area contributed by atoms with Gasteiger partial charge in [-0.25, -0.2) is 4.98 Å². The van der Waals surface area contributed by atoms with Crippen LogP contribution in [0.4, 0.5) is 0 Å². The van der Waals surface area contributed by atoms with Gasteiger partial charge >= 0.3 is 0 Å². The summed E-state index contributed by atoms with van der Waals surface area (Å²) in [6.45, 7) is 2.93. The highest BCUT2D eigenvalue weighted by atomic mass is 16.5. The van der Waals surface area contributed by atoms with Crippen molar-refractivity contribution in [1.82, 2.24) is 19.8 Å². The van der Waals surface area contributed by atoms with Gasteiger partial charge in [-0.05, 0) is 44.0 Å². The molecule has 2 aromatic rings. The maximum Gasteiger partial charge on any atom is 0.254 e. The van der Waals surface area contributed by atoms with Gasteiger partial charge in [0.25, 0.3) is 5.56 Å². The van der Waals surface area contributed by atoms with Crippen molar-refractivity contribution in [1.29, 1.82) is 0 Å². The Bertz CT molecular complexity index is 1010. The van der Waals surface area contributed by atoms with Gasteiger partial charge in [-0.2, -0.15) is 0 Å². The van der Waals surface area contributed by atoms with Gasteiger partial charge in [0.05, 0.1) is 26.3 Å². The lowest BCUT2D eigenvalue weighted by molar-refractivity contribution is -0.131. The number of likely N-dealkylation sites (N-methyl/N-ethyl adjacent to an activating group) is 1. The molecule has 1 N–H and O–H groups in total. The fourth-order valence-corrected chi connectivity index (χ4v) is 4.46. The van der Waals surface area contributed by atoms with Crippen LogP contribution in [0.2, 0.25) is 0 Å². The van der Waals surface area contributed by atoms with E-state index in [-0.39, 0.29) is 17.4 Å². The molecule has 2 aliphatic heterocycles. The van der Waals surface area contributed by atoms with Crippen LogP contribution in [0.1, 0.15) is 41.4 Å². The lowest BCUT2D eigenvalue weighted by Gasteiger charge is -2.32. The van der Waals surface area contributed by atoms with E-state index in [2.05, 4.69) is 9.88 Å². The summed E-state index contributed by atoms with van der Waals surface area (Å²) in [6.07, 6.45) is 2.67. The van der Waals surface area contributed by atoms with Gasteiger partial charge in [0.15, 0.2) is 11.5 Å². The number of hydrogen-bond acceptors (Lipinski definition) is 6. The zero-order chi connectivity index (χ0) is 22.0. The standard InChI is InChI=1S/C23H30N4O4/c1-26-9-8-17-18(14-26)24-22(25-23(17)29)16-6-10-27(11-7-16)21(28)13-15-4-5-19(30-2)20(12-15)31-3/h4-5,12,16H,6-11,13-14H2,1-3H3,(H,24,25,29). The van der Waals surface area contributed by atoms with Crippen molar-refractivity contribution < 1.29 is 14.3 Å². The average Bonchev–Trinajstić information content (AvgIpc) is 2.78. The highest BCUT2D eigenvalue weighted by Gasteiger charge is 2.27. The molecule has 0 unspecified atom stereocenters. The number of ether oxygens (including phenoxy) is 2. The first-order valence-corrected chi connectivity index (χ1v) is 10.8. The second-order valence-electron chi connectivity index (χ2n) is 8.39. The summed E-state index contributed by atoms with van der Waals surface area (Å²) in [7, 11) is 5.23. The molecule has 0 bridgehead atoms. The summed E-state index contributed by atoms with van der Waals surface area (Å²) in [6, 6.07) is 5.57. The maximum atomic E-state index is 12.8. The number of nitrogens with one attached hydrogen (secondary N) is 1. The summed E-state index contributed by atoms with van der Waals surface area (Å²) >= 11 is 0. The predicted octanol–water partition coefficient (Wildman–Crippen LogP) is 1.72. The van der Waals surface area contributed by atoms with Crippen molar-refractivity contribution in [3.63, 3.8) is 0 Å². The molecule has 0 atom stereocenters. The highest BCUT2D eigenvalue weighted by molar-refractivity contribution is 5.79. The number of methoxy groups -OCH3 is 2. The van der Waals surface area contributed by atoms with Gasteiger partial charge in [-0.15, -0.1) is 0 Å². The molecular weight excluding hydrogens is 396 g/mol. The van der Waals surface area contributed by atoms with E-state index in [0.29, 0.717) is 31.0 Å². The van der Waals surface area contributed by atoms with Crippen LogP contribution in [0, 0.1) is 0 Å². The minimum absolute atomic E-state index is 0.0000546. The Morgan fingerprint density at radius 2 is 1.90 bits per heavy atom. The van der Waals surface area contributed by atoms with Crippen LogP contribution in [0.3, 0.4) is 0 Å². The molecule has 1 fully saturated rings. The van der Waals surface area contributed by atoms with Crippen LogP contribution in [-0.4, -0.2) is 66.6 Å². The Morgan fingerprint density at radius 1 is 1.16 bits per heavy atom. The topological polar surface area (TPSA) is 87.8 Å². The second-order valence-corrected chi connectivity index (χ2v) is 8.39. The van der Waals surface area contributed by atoms with Crippen LogP contribution < -0.4 is 15.0 Å². The Morgan fingerprint density at radius 3 is 2.61 bits per heavy atom. The number of aromatic nitrogens is 2. The van der Waals surface area contributed by atoms with Gasteiger partial charge in [0, 0.05) is 37.7 Å². The van der Waals surface area contributed by atoms with Gasteiger partial charge in [0.2, 0.25) is 5.91 Å². The summed E-state index contributed by atoms with van der Waals surface area (Å²) in [5.74, 6) is 2.32. The van der Waals surface area contributed by atoms with Crippen molar-refractivity contribution >= 4 is 5.91 Å². The maximum absolute atomic E-state index is 12.8. The monoisotopic (exact) mass is 426 g/mol. The first kappa shape index (κ1) is 21.4. The van der Waals surface area contributed by atoms with E-state index < -0.39 is 0 Å². The SMILES string of the molecule is COc1ccc(CC(=O)N2CCC(c3nc4c(c(=O)[nH]3)CCN(C)C4)CC2)cc1OC. The fraction of sp³-hybridized carbons (Fsp3) is 0.522. The van der Waals surface area contributed by atoms with Crippen molar-refractivity contribution in [2.45, 2.75) is 38.1 Å². The van der Waals surface area contributed by atoms with E-state index >= 15 is 0 Å². The molecule has 31 heavy (non-hydrogen) atoms. The van der Waals surface area contributed by atoms with E-state index in [4.69, 9.17) is 14.5 Å². The van der Waals surface area contributed by atoms with Crippen molar-refractivity contribution in [3.05, 3.63) is 51.2 Å². The number of aromatic amines is 1. The molecule has 1 aromatic carbocycles. The summed E-state index contributed by atoms with van der Waals surface area (Å²) in [5.41, 5.74) is 2.62. The van der Waals surface area contributed by atoms with Gasteiger partial charge in [-0.3, -0.25) is 9.59 Å². The number of carbonyl (C=O) groups is 1. The zero-order valence-corrected chi connectivity index (χ0v) is 18.4. The molecule has 1 saturated heterocycles. The Labute approximate surface area is 182 Å². The van der Waals surface area contributed by atoms with E-state index in [9.17, 15) is 9.59 Å². The Balaban J connectivity index is 1.39.